The maximum Gasteiger partial charge on any atom is 0.242 e. The first kappa shape index (κ1) is 16.5. The predicted octanol–water partition coefficient (Wildman–Crippen LogP) is 0.744. The number of nitrogens with one attached hydrogen (secondary N) is 3. The van der Waals surface area contributed by atoms with E-state index in [2.05, 4.69) is 27.0 Å². The highest BCUT2D eigenvalue weighted by Gasteiger charge is 2.21. The van der Waals surface area contributed by atoms with E-state index in [4.69, 9.17) is 0 Å². The van der Waals surface area contributed by atoms with Crippen molar-refractivity contribution >= 4 is 10.0 Å². The topological polar surface area (TPSA) is 77.2 Å². The molecule has 2 heterocycles. The van der Waals surface area contributed by atoms with Crippen LogP contribution in [0.15, 0.2) is 17.2 Å². The lowest BCUT2D eigenvalue weighted by Crippen LogP contribution is -2.39. The van der Waals surface area contributed by atoms with Crippen molar-refractivity contribution in [3.05, 3.63) is 18.0 Å². The van der Waals surface area contributed by atoms with Crippen LogP contribution in [0, 0.1) is 5.92 Å². The highest BCUT2D eigenvalue weighted by atomic mass is 32.2. The fourth-order valence-electron chi connectivity index (χ4n) is 2.69. The summed E-state index contributed by atoms with van der Waals surface area (Å²) >= 11 is 0. The Labute approximate surface area is 127 Å². The van der Waals surface area contributed by atoms with Crippen LogP contribution in [0.1, 0.15) is 25.5 Å². The van der Waals surface area contributed by atoms with Gasteiger partial charge in [0.2, 0.25) is 10.0 Å². The van der Waals surface area contributed by atoms with Gasteiger partial charge in [-0.2, -0.15) is 0 Å². The molecule has 1 aliphatic rings. The van der Waals surface area contributed by atoms with Crippen LogP contribution >= 0.6 is 0 Å². The second-order valence-corrected chi connectivity index (χ2v) is 7.53. The van der Waals surface area contributed by atoms with Crippen molar-refractivity contribution in [2.75, 3.05) is 33.2 Å². The summed E-state index contributed by atoms with van der Waals surface area (Å²) in [4.78, 5) is 5.58. The van der Waals surface area contributed by atoms with E-state index in [1.807, 2.05) is 6.92 Å². The van der Waals surface area contributed by atoms with Gasteiger partial charge in [-0.3, -0.25) is 0 Å². The molecule has 7 heteroatoms. The van der Waals surface area contributed by atoms with Gasteiger partial charge in [-0.1, -0.05) is 6.92 Å². The van der Waals surface area contributed by atoms with Crippen LogP contribution in [0.3, 0.4) is 0 Å². The molecule has 0 aromatic carbocycles. The predicted molar refractivity (Wildman–Crippen MR) is 83.6 cm³/mol. The minimum absolute atomic E-state index is 0.319. The molecule has 0 bridgehead atoms. The van der Waals surface area contributed by atoms with Gasteiger partial charge in [0.1, 0.15) is 0 Å². The zero-order valence-electron chi connectivity index (χ0n) is 12.9. The molecule has 0 amide bonds. The average Bonchev–Trinajstić information content (AvgIpc) is 2.93. The quantitative estimate of drug-likeness (QED) is 0.694. The summed E-state index contributed by atoms with van der Waals surface area (Å²) in [5.74, 6) is 0.402. The fourth-order valence-corrected chi connectivity index (χ4v) is 3.82. The second-order valence-electron chi connectivity index (χ2n) is 5.76. The first-order valence-electron chi connectivity index (χ1n) is 7.57. The Balaban J connectivity index is 1.90. The zero-order chi connectivity index (χ0) is 15.3. The van der Waals surface area contributed by atoms with Crippen molar-refractivity contribution in [2.45, 2.75) is 31.2 Å². The van der Waals surface area contributed by atoms with E-state index in [0.717, 1.165) is 38.2 Å². The van der Waals surface area contributed by atoms with Crippen LogP contribution in [0.25, 0.3) is 0 Å². The van der Waals surface area contributed by atoms with Crippen LogP contribution in [0.2, 0.25) is 0 Å². The molecule has 0 spiro atoms. The lowest BCUT2D eigenvalue weighted by atomic mass is 9.99. The zero-order valence-corrected chi connectivity index (χ0v) is 13.7. The van der Waals surface area contributed by atoms with Crippen LogP contribution < -0.4 is 10.0 Å². The molecule has 6 nitrogen and oxygen atoms in total. The summed E-state index contributed by atoms with van der Waals surface area (Å²) in [5.41, 5.74) is 0.884. The number of nitrogens with zero attached hydrogens (tertiary/aromatic N) is 1. The van der Waals surface area contributed by atoms with Crippen molar-refractivity contribution < 1.29 is 8.42 Å². The second kappa shape index (κ2) is 7.40. The molecular formula is C14H26N4O2S. The molecule has 120 valence electrons. The monoisotopic (exact) mass is 314 g/mol. The third kappa shape index (κ3) is 4.81. The van der Waals surface area contributed by atoms with Crippen LogP contribution in [-0.2, 0) is 16.6 Å². The Kier molecular flexibility index (Phi) is 5.80. The molecule has 0 radical (unpaired) electrons. The SMILES string of the molecule is CCNCc1cc(S(=O)(=O)NCC2CCCN(C)C2)c[nH]1. The number of hydrogen-bond donors (Lipinski definition) is 3. The normalized spacial score (nSPS) is 20.8. The van der Waals surface area contributed by atoms with Gasteiger partial charge in [-0.15, -0.1) is 0 Å². The Morgan fingerprint density at radius 2 is 2.29 bits per heavy atom. The number of likely N-dealkylation sites (tertiary alicyclic amines) is 1. The third-order valence-corrected chi connectivity index (χ3v) is 5.28. The van der Waals surface area contributed by atoms with Crippen LogP contribution in [0.5, 0.6) is 0 Å². The van der Waals surface area contributed by atoms with Gasteiger partial charge >= 0.3 is 0 Å². The molecule has 1 unspecified atom stereocenters. The van der Waals surface area contributed by atoms with E-state index in [-0.39, 0.29) is 0 Å². The molecule has 1 aromatic heterocycles. The van der Waals surface area contributed by atoms with Gasteiger partial charge < -0.3 is 15.2 Å². The Bertz CT molecular complexity index is 541. The maximum atomic E-state index is 12.3. The molecule has 1 atom stereocenters. The Hall–Kier alpha value is -0.890. The van der Waals surface area contributed by atoms with Crippen LogP contribution in [-0.4, -0.2) is 51.5 Å². The molecule has 3 N–H and O–H groups in total. The minimum Gasteiger partial charge on any atom is -0.363 e. The van der Waals surface area contributed by atoms with E-state index < -0.39 is 10.0 Å². The fraction of sp³-hybridized carbons (Fsp3) is 0.714. The van der Waals surface area contributed by atoms with Crippen molar-refractivity contribution in [1.82, 2.24) is 19.9 Å². The third-order valence-electron chi connectivity index (χ3n) is 3.88. The van der Waals surface area contributed by atoms with E-state index in [9.17, 15) is 8.42 Å². The summed E-state index contributed by atoms with van der Waals surface area (Å²) in [5, 5.41) is 3.17. The van der Waals surface area contributed by atoms with Crippen molar-refractivity contribution in [3.63, 3.8) is 0 Å². The lowest BCUT2D eigenvalue weighted by Gasteiger charge is -2.29. The summed E-state index contributed by atoms with van der Waals surface area (Å²) in [7, 11) is -1.33. The average molecular weight is 314 g/mol. The first-order valence-corrected chi connectivity index (χ1v) is 9.06. The molecule has 21 heavy (non-hydrogen) atoms. The highest BCUT2D eigenvalue weighted by Crippen LogP contribution is 2.16. The number of piperidine rings is 1. The van der Waals surface area contributed by atoms with Gasteiger partial charge in [0, 0.05) is 31.5 Å². The number of aromatic amines is 1. The van der Waals surface area contributed by atoms with E-state index in [1.165, 1.54) is 0 Å². The lowest BCUT2D eigenvalue weighted by molar-refractivity contribution is 0.211. The van der Waals surface area contributed by atoms with Crippen molar-refractivity contribution in [1.29, 1.82) is 0 Å². The molecule has 0 aliphatic carbocycles. The van der Waals surface area contributed by atoms with Gasteiger partial charge in [0.15, 0.2) is 0 Å². The van der Waals surface area contributed by atoms with Gasteiger partial charge in [-0.25, -0.2) is 13.1 Å². The molecule has 1 aliphatic heterocycles. The van der Waals surface area contributed by atoms with Gasteiger partial charge in [0.25, 0.3) is 0 Å². The molecule has 1 fully saturated rings. The number of H-pyrrole nitrogens is 1. The Morgan fingerprint density at radius 1 is 1.48 bits per heavy atom. The van der Waals surface area contributed by atoms with Crippen molar-refractivity contribution in [2.24, 2.45) is 5.92 Å². The molecule has 2 rings (SSSR count). The van der Waals surface area contributed by atoms with E-state index in [0.29, 0.717) is 23.9 Å². The van der Waals surface area contributed by atoms with E-state index >= 15 is 0 Å². The van der Waals surface area contributed by atoms with Gasteiger partial charge in [0.05, 0.1) is 4.90 Å². The molecule has 1 saturated heterocycles. The van der Waals surface area contributed by atoms with Crippen molar-refractivity contribution in [3.8, 4) is 0 Å². The summed E-state index contributed by atoms with van der Waals surface area (Å²) in [6.45, 7) is 6.11. The Morgan fingerprint density at radius 3 is 3.00 bits per heavy atom. The highest BCUT2D eigenvalue weighted by molar-refractivity contribution is 7.89. The molecule has 1 aromatic rings. The van der Waals surface area contributed by atoms with Gasteiger partial charge in [-0.05, 0) is 45.0 Å². The minimum atomic E-state index is -3.41. The maximum absolute atomic E-state index is 12.3. The number of rotatable bonds is 7. The van der Waals surface area contributed by atoms with Crippen LogP contribution in [0.4, 0.5) is 0 Å². The smallest absolute Gasteiger partial charge is 0.242 e. The molecule has 0 saturated carbocycles. The first-order chi connectivity index (χ1) is 10.0. The summed E-state index contributed by atoms with van der Waals surface area (Å²) in [6, 6.07) is 1.69. The summed E-state index contributed by atoms with van der Waals surface area (Å²) in [6.07, 6.45) is 3.79. The number of aromatic nitrogens is 1. The largest absolute Gasteiger partial charge is 0.363 e. The summed E-state index contributed by atoms with van der Waals surface area (Å²) < 4.78 is 27.3. The number of sulfonamides is 1. The van der Waals surface area contributed by atoms with E-state index in [1.54, 1.807) is 12.3 Å². The number of hydrogen-bond acceptors (Lipinski definition) is 4. The molecular weight excluding hydrogens is 288 g/mol. The standard InChI is InChI=1S/C14H26N4O2S/c1-3-15-9-13-7-14(10-16-13)21(19,20)17-8-12-5-4-6-18(2)11-12/h7,10,12,15-17H,3-6,8-9,11H2,1-2H3.